The Morgan fingerprint density at radius 1 is 1.30 bits per heavy atom. The van der Waals surface area contributed by atoms with Gasteiger partial charge in [-0.25, -0.2) is 4.79 Å². The van der Waals surface area contributed by atoms with Crippen molar-refractivity contribution in [3.05, 3.63) is 0 Å². The van der Waals surface area contributed by atoms with Gasteiger partial charge >= 0.3 is 6.09 Å². The summed E-state index contributed by atoms with van der Waals surface area (Å²) in [6, 6.07) is 0.918. The fourth-order valence-corrected chi connectivity index (χ4v) is 3.09. The average Bonchev–Trinajstić information content (AvgIpc) is 3.19. The van der Waals surface area contributed by atoms with Gasteiger partial charge < -0.3 is 19.7 Å². The van der Waals surface area contributed by atoms with Crippen LogP contribution in [0.15, 0.2) is 0 Å². The molecule has 0 bridgehead atoms. The second kappa shape index (κ2) is 7.39. The van der Waals surface area contributed by atoms with Gasteiger partial charge in [0.15, 0.2) is 0 Å². The van der Waals surface area contributed by atoms with Crippen molar-refractivity contribution in [1.29, 1.82) is 0 Å². The largest absolute Gasteiger partial charge is 0.444 e. The molecule has 5 nitrogen and oxygen atoms in total. The Balaban J connectivity index is 1.69. The van der Waals surface area contributed by atoms with Crippen molar-refractivity contribution in [3.8, 4) is 0 Å². The van der Waals surface area contributed by atoms with E-state index in [9.17, 15) is 4.79 Å². The first kappa shape index (κ1) is 18.5. The van der Waals surface area contributed by atoms with Gasteiger partial charge in [0.25, 0.3) is 0 Å². The molecule has 1 atom stereocenters. The summed E-state index contributed by atoms with van der Waals surface area (Å²) in [5.74, 6) is 0. The highest BCUT2D eigenvalue weighted by Gasteiger charge is 2.35. The normalized spacial score (nSPS) is 24.3. The lowest BCUT2D eigenvalue weighted by atomic mass is 9.94. The molecule has 1 amide bonds. The molecule has 2 aliphatic rings. The van der Waals surface area contributed by atoms with Crippen LogP contribution in [0.4, 0.5) is 4.79 Å². The molecule has 1 saturated carbocycles. The molecule has 1 unspecified atom stereocenters. The van der Waals surface area contributed by atoms with Gasteiger partial charge in [-0.3, -0.25) is 0 Å². The molecular weight excluding hydrogens is 292 g/mol. The molecule has 0 spiro atoms. The molecule has 1 aliphatic heterocycles. The number of rotatable bonds is 6. The Morgan fingerprint density at radius 2 is 2.00 bits per heavy atom. The maximum atomic E-state index is 12.3. The molecule has 1 N–H and O–H groups in total. The lowest BCUT2D eigenvalue weighted by Gasteiger charge is -2.36. The molecule has 1 saturated heterocycles. The SMILES string of the molecule is CC(C)(C)OC(=O)N(CCCNC1CCOC(C)(C)C1)C1CC1. The first-order chi connectivity index (χ1) is 10.7. The number of amides is 1. The standard InChI is InChI=1S/C18H34N2O3/c1-17(2,3)23-16(21)20(15-7-8-15)11-6-10-19-14-9-12-22-18(4,5)13-14/h14-15,19H,6-13H2,1-5H3. The summed E-state index contributed by atoms with van der Waals surface area (Å²) in [5.41, 5.74) is -0.442. The third-order valence-electron chi connectivity index (χ3n) is 4.32. The van der Waals surface area contributed by atoms with Crippen LogP contribution in [0.1, 0.15) is 66.7 Å². The van der Waals surface area contributed by atoms with E-state index < -0.39 is 5.60 Å². The smallest absolute Gasteiger partial charge is 0.410 e. The molecule has 1 aliphatic carbocycles. The van der Waals surface area contributed by atoms with E-state index >= 15 is 0 Å². The van der Waals surface area contributed by atoms with Gasteiger partial charge in [-0.15, -0.1) is 0 Å². The molecule has 2 fully saturated rings. The predicted molar refractivity (Wildman–Crippen MR) is 91.6 cm³/mol. The number of carbonyl (C=O) groups excluding carboxylic acids is 1. The predicted octanol–water partition coefficient (Wildman–Crippen LogP) is 3.32. The molecule has 0 aromatic carbocycles. The zero-order valence-corrected chi connectivity index (χ0v) is 15.5. The highest BCUT2D eigenvalue weighted by Crippen LogP contribution is 2.28. The monoisotopic (exact) mass is 326 g/mol. The van der Waals surface area contributed by atoms with Gasteiger partial charge in [0.05, 0.1) is 5.60 Å². The minimum Gasteiger partial charge on any atom is -0.444 e. The summed E-state index contributed by atoms with van der Waals surface area (Å²) < 4.78 is 11.3. The van der Waals surface area contributed by atoms with E-state index in [4.69, 9.17) is 9.47 Å². The third kappa shape index (κ3) is 6.68. The lowest BCUT2D eigenvalue weighted by molar-refractivity contribution is -0.0628. The highest BCUT2D eigenvalue weighted by molar-refractivity contribution is 5.69. The summed E-state index contributed by atoms with van der Waals surface area (Å²) in [4.78, 5) is 14.2. The maximum absolute atomic E-state index is 12.3. The summed E-state index contributed by atoms with van der Waals surface area (Å²) in [5, 5.41) is 3.62. The van der Waals surface area contributed by atoms with Gasteiger partial charge in [-0.05, 0) is 73.3 Å². The Hall–Kier alpha value is -0.810. The lowest BCUT2D eigenvalue weighted by Crippen LogP contribution is -2.44. The topological polar surface area (TPSA) is 50.8 Å². The molecule has 2 rings (SSSR count). The van der Waals surface area contributed by atoms with Crippen molar-refractivity contribution >= 4 is 6.09 Å². The van der Waals surface area contributed by atoms with Crippen LogP contribution in [0.3, 0.4) is 0 Å². The van der Waals surface area contributed by atoms with E-state index in [2.05, 4.69) is 19.2 Å². The second-order valence-corrected chi connectivity index (χ2v) is 8.51. The first-order valence-electron chi connectivity index (χ1n) is 9.03. The van der Waals surface area contributed by atoms with Crippen molar-refractivity contribution in [2.75, 3.05) is 19.7 Å². The van der Waals surface area contributed by atoms with Crippen LogP contribution in [0.2, 0.25) is 0 Å². The second-order valence-electron chi connectivity index (χ2n) is 8.51. The van der Waals surface area contributed by atoms with Crippen molar-refractivity contribution in [3.63, 3.8) is 0 Å². The molecular formula is C18H34N2O3. The van der Waals surface area contributed by atoms with Crippen LogP contribution >= 0.6 is 0 Å². The maximum Gasteiger partial charge on any atom is 0.410 e. The van der Waals surface area contributed by atoms with Gasteiger partial charge in [-0.1, -0.05) is 0 Å². The number of nitrogens with one attached hydrogen (secondary N) is 1. The summed E-state index contributed by atoms with van der Waals surface area (Å²) in [6.07, 6.45) is 5.15. The van der Waals surface area contributed by atoms with Gasteiger partial charge in [0, 0.05) is 25.2 Å². The molecule has 0 aromatic heterocycles. The highest BCUT2D eigenvalue weighted by atomic mass is 16.6. The van der Waals surface area contributed by atoms with Crippen LogP contribution < -0.4 is 5.32 Å². The van der Waals surface area contributed by atoms with Gasteiger partial charge in [0.1, 0.15) is 5.60 Å². The zero-order valence-electron chi connectivity index (χ0n) is 15.5. The van der Waals surface area contributed by atoms with Crippen molar-refractivity contribution in [2.24, 2.45) is 0 Å². The van der Waals surface area contributed by atoms with Crippen LogP contribution in [0, 0.1) is 0 Å². The number of ether oxygens (including phenoxy) is 2. The molecule has 134 valence electrons. The van der Waals surface area contributed by atoms with Crippen LogP contribution in [0.25, 0.3) is 0 Å². The van der Waals surface area contributed by atoms with Gasteiger partial charge in [-0.2, -0.15) is 0 Å². The van der Waals surface area contributed by atoms with E-state index in [0.717, 1.165) is 51.8 Å². The molecule has 23 heavy (non-hydrogen) atoms. The fraction of sp³-hybridized carbons (Fsp3) is 0.944. The zero-order chi connectivity index (χ0) is 17.1. The summed E-state index contributed by atoms with van der Waals surface area (Å²) >= 11 is 0. The van der Waals surface area contributed by atoms with Crippen molar-refractivity contribution in [1.82, 2.24) is 10.2 Å². The molecule has 1 heterocycles. The quantitative estimate of drug-likeness (QED) is 0.761. The molecule has 0 radical (unpaired) electrons. The average molecular weight is 326 g/mol. The van der Waals surface area contributed by atoms with E-state index in [1.54, 1.807) is 0 Å². The summed E-state index contributed by atoms with van der Waals surface area (Å²) in [7, 11) is 0. The Labute approximate surface area is 141 Å². The minimum atomic E-state index is -0.420. The van der Waals surface area contributed by atoms with Crippen LogP contribution in [-0.4, -0.2) is 54.0 Å². The van der Waals surface area contributed by atoms with Gasteiger partial charge in [0.2, 0.25) is 0 Å². The third-order valence-corrected chi connectivity index (χ3v) is 4.32. The first-order valence-corrected chi connectivity index (χ1v) is 9.03. The Bertz CT molecular complexity index is 400. The van der Waals surface area contributed by atoms with E-state index in [0.29, 0.717) is 12.1 Å². The summed E-state index contributed by atoms with van der Waals surface area (Å²) in [6.45, 7) is 12.6. The Kier molecular flexibility index (Phi) is 5.95. The Morgan fingerprint density at radius 3 is 2.57 bits per heavy atom. The number of hydrogen-bond donors (Lipinski definition) is 1. The number of nitrogens with zero attached hydrogens (tertiary/aromatic N) is 1. The van der Waals surface area contributed by atoms with Crippen LogP contribution in [-0.2, 0) is 9.47 Å². The van der Waals surface area contributed by atoms with Crippen LogP contribution in [0.5, 0.6) is 0 Å². The van der Waals surface area contributed by atoms with E-state index in [1.165, 1.54) is 0 Å². The number of carbonyl (C=O) groups is 1. The van der Waals surface area contributed by atoms with Crippen molar-refractivity contribution < 1.29 is 14.3 Å². The molecule has 0 aromatic rings. The van der Waals surface area contributed by atoms with E-state index in [-0.39, 0.29) is 11.7 Å². The minimum absolute atomic E-state index is 0.0214. The molecule has 5 heteroatoms. The fourth-order valence-electron chi connectivity index (χ4n) is 3.09. The number of hydrogen-bond acceptors (Lipinski definition) is 4. The van der Waals surface area contributed by atoms with Crippen molar-refractivity contribution in [2.45, 2.75) is 90.0 Å². The van der Waals surface area contributed by atoms with E-state index in [1.807, 2.05) is 25.7 Å².